The van der Waals surface area contributed by atoms with Crippen molar-refractivity contribution < 1.29 is 0 Å². The van der Waals surface area contributed by atoms with Crippen LogP contribution in [0.3, 0.4) is 0 Å². The molecule has 0 saturated heterocycles. The van der Waals surface area contributed by atoms with E-state index in [0.29, 0.717) is 10.9 Å². The molecule has 0 aliphatic heterocycles. The summed E-state index contributed by atoms with van der Waals surface area (Å²) in [4.78, 5) is 30.8. The van der Waals surface area contributed by atoms with Crippen molar-refractivity contribution in [2.24, 2.45) is 14.1 Å². The minimum atomic E-state index is -0.360. The van der Waals surface area contributed by atoms with Crippen molar-refractivity contribution in [2.75, 3.05) is 0 Å². The molecule has 5 aromatic rings. The van der Waals surface area contributed by atoms with Crippen molar-refractivity contribution >= 4 is 37.7 Å². The second-order valence-corrected chi connectivity index (χ2v) is 8.89. The van der Waals surface area contributed by atoms with Gasteiger partial charge in [0.15, 0.2) is 0 Å². The normalized spacial score (nSPS) is 11.5. The zero-order chi connectivity index (χ0) is 22.7. The Bertz CT molecular complexity index is 1670. The van der Waals surface area contributed by atoms with E-state index < -0.39 is 0 Å². The molecule has 5 rings (SSSR count). The van der Waals surface area contributed by atoms with Crippen molar-refractivity contribution in [3.8, 4) is 16.9 Å². The quantitative estimate of drug-likeness (QED) is 0.364. The molecule has 7 heteroatoms. The third-order valence-corrected chi connectivity index (χ3v) is 6.79. The van der Waals surface area contributed by atoms with Gasteiger partial charge in [0.1, 0.15) is 0 Å². The van der Waals surface area contributed by atoms with E-state index in [1.165, 1.54) is 11.6 Å². The minimum Gasteiger partial charge on any atom is -0.311 e. The minimum absolute atomic E-state index is 0.326. The second-order valence-electron chi connectivity index (χ2n) is 8.03. The number of rotatable bonds is 2. The number of hydrogen-bond donors (Lipinski definition) is 0. The van der Waals surface area contributed by atoms with Gasteiger partial charge in [-0.25, -0.2) is 4.79 Å². The maximum atomic E-state index is 13.3. The topological polar surface area (TPSA) is 61.8 Å². The van der Waals surface area contributed by atoms with E-state index in [0.717, 1.165) is 48.1 Å². The molecule has 0 amide bonds. The lowest BCUT2D eigenvalue weighted by Gasteiger charge is -2.14. The van der Waals surface area contributed by atoms with Crippen LogP contribution in [-0.2, 0) is 14.1 Å². The van der Waals surface area contributed by atoms with Crippen LogP contribution in [0.2, 0.25) is 0 Å². The van der Waals surface area contributed by atoms with Gasteiger partial charge in [-0.3, -0.25) is 18.9 Å². The lowest BCUT2D eigenvalue weighted by molar-refractivity contribution is 0.714. The summed E-state index contributed by atoms with van der Waals surface area (Å²) in [6.45, 7) is 4.04. The summed E-state index contributed by atoms with van der Waals surface area (Å²) in [6.07, 6.45) is 1.86. The smallest absolute Gasteiger partial charge is 0.311 e. The first-order valence-corrected chi connectivity index (χ1v) is 11.0. The van der Waals surface area contributed by atoms with Gasteiger partial charge in [0.05, 0.1) is 27.8 Å². The Hall–Kier alpha value is -3.45. The lowest BCUT2D eigenvalue weighted by atomic mass is 10.1. The first kappa shape index (κ1) is 20.5. The van der Waals surface area contributed by atoms with Gasteiger partial charge in [-0.2, -0.15) is 0 Å². The zero-order valence-electron chi connectivity index (χ0n) is 18.2. The highest BCUT2D eigenvalue weighted by Gasteiger charge is 2.22. The van der Waals surface area contributed by atoms with E-state index in [9.17, 15) is 9.59 Å². The van der Waals surface area contributed by atoms with E-state index in [1.54, 1.807) is 7.05 Å². The maximum absolute atomic E-state index is 13.3. The molecule has 0 fully saturated rings. The summed E-state index contributed by atoms with van der Waals surface area (Å²) in [5.41, 5.74) is 5.23. The Morgan fingerprint density at radius 1 is 0.938 bits per heavy atom. The molecule has 0 atom stereocenters. The number of benzene rings is 2. The molecule has 3 aromatic heterocycles. The van der Waals surface area contributed by atoms with Gasteiger partial charge in [-0.05, 0) is 37.6 Å². The van der Waals surface area contributed by atoms with Gasteiger partial charge in [-0.1, -0.05) is 46.3 Å². The third kappa shape index (κ3) is 2.88. The zero-order valence-corrected chi connectivity index (χ0v) is 19.8. The molecule has 32 heavy (non-hydrogen) atoms. The molecular formula is C25H21BrN4O2. The Morgan fingerprint density at radius 2 is 1.69 bits per heavy atom. The molecular weight excluding hydrogens is 468 g/mol. The van der Waals surface area contributed by atoms with Gasteiger partial charge in [0, 0.05) is 41.4 Å². The molecule has 0 spiro atoms. The van der Waals surface area contributed by atoms with E-state index in [1.807, 2.05) is 67.1 Å². The molecule has 2 aromatic carbocycles. The van der Waals surface area contributed by atoms with E-state index in [4.69, 9.17) is 4.98 Å². The molecule has 0 N–H and O–H groups in total. The highest BCUT2D eigenvalue weighted by atomic mass is 79.9. The number of halogens is 1. The number of fused-ring (bicyclic) bond motifs is 2. The predicted octanol–water partition coefficient (Wildman–Crippen LogP) is 4.62. The summed E-state index contributed by atoms with van der Waals surface area (Å²) in [6, 6.07) is 15.9. The van der Waals surface area contributed by atoms with Crippen LogP contribution in [0.5, 0.6) is 0 Å². The van der Waals surface area contributed by atoms with Crippen LogP contribution in [-0.4, -0.2) is 18.7 Å². The standard InChI is InChI=1S/C25H21BrN4O2/c1-14-12-16-8-7-11-19(22(16)27-15(14)2)30-13-20-21(24(31)29(4)25(32)28(20)3)23(30)17-9-5-6-10-18(17)26/h5-13H,1-4H3. The van der Waals surface area contributed by atoms with E-state index in [-0.39, 0.29) is 11.2 Å². The Morgan fingerprint density at radius 3 is 2.44 bits per heavy atom. The molecule has 0 bridgehead atoms. The van der Waals surface area contributed by atoms with Crippen molar-refractivity contribution in [1.82, 2.24) is 18.7 Å². The van der Waals surface area contributed by atoms with Crippen molar-refractivity contribution in [3.63, 3.8) is 0 Å². The van der Waals surface area contributed by atoms with E-state index in [2.05, 4.69) is 22.0 Å². The first-order chi connectivity index (χ1) is 15.3. The number of nitrogens with zero attached hydrogens (tertiary/aromatic N) is 4. The molecule has 0 radical (unpaired) electrons. The van der Waals surface area contributed by atoms with Gasteiger partial charge < -0.3 is 4.57 Å². The third-order valence-electron chi connectivity index (χ3n) is 6.10. The van der Waals surface area contributed by atoms with Gasteiger partial charge in [-0.15, -0.1) is 0 Å². The Balaban J connectivity index is 2.03. The Labute approximate surface area is 192 Å². The van der Waals surface area contributed by atoms with Crippen molar-refractivity contribution in [1.29, 1.82) is 0 Å². The number of aromatic nitrogens is 4. The average Bonchev–Trinajstić information content (AvgIpc) is 3.17. The predicted molar refractivity (Wildman–Crippen MR) is 132 cm³/mol. The summed E-state index contributed by atoms with van der Waals surface area (Å²) < 4.78 is 5.51. The largest absolute Gasteiger partial charge is 0.330 e. The summed E-state index contributed by atoms with van der Waals surface area (Å²) in [5, 5.41) is 1.51. The average molecular weight is 489 g/mol. The second kappa shape index (κ2) is 7.31. The molecule has 6 nitrogen and oxygen atoms in total. The summed E-state index contributed by atoms with van der Waals surface area (Å²) in [7, 11) is 3.20. The highest BCUT2D eigenvalue weighted by Crippen LogP contribution is 2.36. The van der Waals surface area contributed by atoms with E-state index >= 15 is 0 Å². The van der Waals surface area contributed by atoms with Crippen molar-refractivity contribution in [2.45, 2.75) is 13.8 Å². The number of pyridine rings is 1. The van der Waals surface area contributed by atoms with Crippen LogP contribution in [0.4, 0.5) is 0 Å². The van der Waals surface area contributed by atoms with Crippen LogP contribution in [0, 0.1) is 13.8 Å². The fraction of sp³-hybridized carbons (Fsp3) is 0.160. The van der Waals surface area contributed by atoms with Gasteiger partial charge in [0.25, 0.3) is 5.56 Å². The highest BCUT2D eigenvalue weighted by molar-refractivity contribution is 9.10. The Kier molecular flexibility index (Phi) is 4.67. The fourth-order valence-electron chi connectivity index (χ4n) is 4.22. The lowest BCUT2D eigenvalue weighted by Crippen LogP contribution is -2.36. The van der Waals surface area contributed by atoms with Crippen LogP contribution in [0.15, 0.2) is 68.8 Å². The fourth-order valence-corrected chi connectivity index (χ4v) is 4.70. The molecule has 3 heterocycles. The SMILES string of the molecule is Cc1cc2cccc(-n3cc4c(c3-c3ccccc3Br)c(=O)n(C)c(=O)n4C)c2nc1C. The molecule has 160 valence electrons. The molecule has 0 aliphatic carbocycles. The maximum Gasteiger partial charge on any atom is 0.330 e. The molecule has 0 saturated carbocycles. The van der Waals surface area contributed by atoms with Gasteiger partial charge >= 0.3 is 5.69 Å². The first-order valence-electron chi connectivity index (χ1n) is 10.2. The summed E-state index contributed by atoms with van der Waals surface area (Å²) >= 11 is 3.65. The number of para-hydroxylation sites is 1. The van der Waals surface area contributed by atoms with Crippen LogP contribution in [0.25, 0.3) is 38.8 Å². The number of aryl methyl sites for hydroxylation is 3. The monoisotopic (exact) mass is 488 g/mol. The van der Waals surface area contributed by atoms with Crippen LogP contribution >= 0.6 is 15.9 Å². The summed E-state index contributed by atoms with van der Waals surface area (Å²) in [5.74, 6) is 0. The molecule has 0 aliphatic rings. The van der Waals surface area contributed by atoms with Crippen molar-refractivity contribution in [3.05, 3.63) is 91.3 Å². The number of hydrogen-bond acceptors (Lipinski definition) is 3. The van der Waals surface area contributed by atoms with Crippen LogP contribution < -0.4 is 11.2 Å². The van der Waals surface area contributed by atoms with Gasteiger partial charge in [0.2, 0.25) is 0 Å². The van der Waals surface area contributed by atoms with Crippen LogP contribution in [0.1, 0.15) is 11.3 Å². The molecule has 0 unspecified atom stereocenters.